The second-order valence-electron chi connectivity index (χ2n) is 3.53. The van der Waals surface area contributed by atoms with Crippen molar-refractivity contribution < 1.29 is 4.92 Å². The molecule has 18 heavy (non-hydrogen) atoms. The van der Waals surface area contributed by atoms with Gasteiger partial charge in [0.05, 0.1) is 4.92 Å². The molecule has 2 aromatic rings. The van der Waals surface area contributed by atoms with Crippen LogP contribution in [0.15, 0.2) is 48.5 Å². The number of para-hydroxylation sites is 1. The molecular weight excluding hydrogens is 250 g/mol. The van der Waals surface area contributed by atoms with Crippen molar-refractivity contribution in [3.8, 4) is 11.8 Å². The fraction of sp³-hybridized carbons (Fsp3) is 0. The molecule has 0 aliphatic heterocycles. The summed E-state index contributed by atoms with van der Waals surface area (Å²) in [4.78, 5) is 10.4. The van der Waals surface area contributed by atoms with Crippen LogP contribution in [0, 0.1) is 22.0 Å². The summed E-state index contributed by atoms with van der Waals surface area (Å²) in [5, 5.41) is 11.4. The average Bonchev–Trinajstić information content (AvgIpc) is 2.38. The first kappa shape index (κ1) is 12.2. The molecule has 0 amide bonds. The van der Waals surface area contributed by atoms with E-state index in [1.807, 2.05) is 0 Å². The largest absolute Gasteiger partial charge is 0.284 e. The third kappa shape index (κ3) is 2.88. The number of nitro benzene ring substituents is 1. The second kappa shape index (κ2) is 5.35. The SMILES string of the molecule is O=[N+]([O-])c1ccccc1C#Cc1ccc(Cl)cc1. The van der Waals surface area contributed by atoms with Crippen molar-refractivity contribution in [3.05, 3.63) is 74.8 Å². The first-order valence-electron chi connectivity index (χ1n) is 5.18. The number of rotatable bonds is 1. The van der Waals surface area contributed by atoms with Gasteiger partial charge in [-0.1, -0.05) is 35.6 Å². The lowest BCUT2D eigenvalue weighted by atomic mass is 10.1. The highest BCUT2D eigenvalue weighted by atomic mass is 35.5. The normalized spacial score (nSPS) is 9.39. The lowest BCUT2D eigenvalue weighted by molar-refractivity contribution is -0.385. The number of hydrogen-bond acceptors (Lipinski definition) is 2. The summed E-state index contributed by atoms with van der Waals surface area (Å²) in [7, 11) is 0. The van der Waals surface area contributed by atoms with E-state index >= 15 is 0 Å². The van der Waals surface area contributed by atoms with Crippen molar-refractivity contribution in [3.63, 3.8) is 0 Å². The Morgan fingerprint density at radius 2 is 1.67 bits per heavy atom. The third-order valence-corrected chi connectivity index (χ3v) is 2.54. The molecule has 0 heterocycles. The van der Waals surface area contributed by atoms with E-state index in [9.17, 15) is 10.1 Å². The lowest BCUT2D eigenvalue weighted by Crippen LogP contribution is -1.91. The molecule has 4 heteroatoms. The number of nitrogens with zero attached hydrogens (tertiary/aromatic N) is 1. The van der Waals surface area contributed by atoms with E-state index in [-0.39, 0.29) is 5.69 Å². The van der Waals surface area contributed by atoms with Gasteiger partial charge < -0.3 is 0 Å². The van der Waals surface area contributed by atoms with Gasteiger partial charge in [0.25, 0.3) is 5.69 Å². The Morgan fingerprint density at radius 1 is 1.00 bits per heavy atom. The first-order chi connectivity index (χ1) is 8.66. The van der Waals surface area contributed by atoms with Crippen molar-refractivity contribution in [2.24, 2.45) is 0 Å². The van der Waals surface area contributed by atoms with Gasteiger partial charge in [-0.2, -0.15) is 0 Å². The molecule has 88 valence electrons. The summed E-state index contributed by atoms with van der Waals surface area (Å²) in [6, 6.07) is 13.4. The quantitative estimate of drug-likeness (QED) is 0.445. The average molecular weight is 258 g/mol. The van der Waals surface area contributed by atoms with Gasteiger partial charge in [0.1, 0.15) is 5.56 Å². The van der Waals surface area contributed by atoms with Gasteiger partial charge in [-0.15, -0.1) is 0 Å². The Bertz CT molecular complexity index is 639. The van der Waals surface area contributed by atoms with Gasteiger partial charge in [0, 0.05) is 16.7 Å². The molecule has 3 nitrogen and oxygen atoms in total. The topological polar surface area (TPSA) is 43.1 Å². The Hall–Kier alpha value is -2.31. The summed E-state index contributed by atoms with van der Waals surface area (Å²) in [5.74, 6) is 5.67. The summed E-state index contributed by atoms with van der Waals surface area (Å²) >= 11 is 5.76. The maximum Gasteiger partial charge on any atom is 0.284 e. The Kier molecular flexibility index (Phi) is 3.61. The fourth-order valence-corrected chi connectivity index (χ4v) is 1.54. The van der Waals surface area contributed by atoms with Crippen LogP contribution >= 0.6 is 11.6 Å². The first-order valence-corrected chi connectivity index (χ1v) is 5.55. The van der Waals surface area contributed by atoms with Crippen LogP contribution in [0.3, 0.4) is 0 Å². The molecule has 0 N–H and O–H groups in total. The summed E-state index contributed by atoms with van der Waals surface area (Å²) < 4.78 is 0. The zero-order valence-electron chi connectivity index (χ0n) is 9.26. The Labute approximate surface area is 109 Å². The molecule has 0 spiro atoms. The van der Waals surface area contributed by atoms with Crippen molar-refractivity contribution in [1.82, 2.24) is 0 Å². The van der Waals surface area contributed by atoms with Gasteiger partial charge >= 0.3 is 0 Å². The van der Waals surface area contributed by atoms with E-state index < -0.39 is 4.92 Å². The fourth-order valence-electron chi connectivity index (χ4n) is 1.41. The van der Waals surface area contributed by atoms with Crippen LogP contribution in [0.2, 0.25) is 5.02 Å². The van der Waals surface area contributed by atoms with Crippen molar-refractivity contribution in [1.29, 1.82) is 0 Å². The van der Waals surface area contributed by atoms with Crippen LogP contribution in [-0.2, 0) is 0 Å². The molecule has 0 aliphatic rings. The van der Waals surface area contributed by atoms with Gasteiger partial charge in [0.15, 0.2) is 0 Å². The van der Waals surface area contributed by atoms with E-state index in [1.165, 1.54) is 6.07 Å². The molecule has 0 atom stereocenters. The van der Waals surface area contributed by atoms with Gasteiger partial charge in [0.2, 0.25) is 0 Å². The van der Waals surface area contributed by atoms with Crippen LogP contribution < -0.4 is 0 Å². The zero-order valence-corrected chi connectivity index (χ0v) is 10.0. The smallest absolute Gasteiger partial charge is 0.258 e. The van der Waals surface area contributed by atoms with E-state index in [0.717, 1.165) is 5.56 Å². The van der Waals surface area contributed by atoms with Gasteiger partial charge in [-0.05, 0) is 30.3 Å². The van der Waals surface area contributed by atoms with Crippen molar-refractivity contribution in [2.75, 3.05) is 0 Å². The standard InChI is InChI=1S/C14H8ClNO2/c15-13-9-6-11(7-10-13)5-8-12-3-1-2-4-14(12)16(17)18/h1-4,6-7,9-10H. The maximum atomic E-state index is 10.8. The van der Waals surface area contributed by atoms with E-state index in [2.05, 4.69) is 11.8 Å². The van der Waals surface area contributed by atoms with E-state index in [1.54, 1.807) is 42.5 Å². The Balaban J connectivity index is 2.35. The van der Waals surface area contributed by atoms with Gasteiger partial charge in [-0.25, -0.2) is 0 Å². The molecule has 0 saturated carbocycles. The zero-order chi connectivity index (χ0) is 13.0. The van der Waals surface area contributed by atoms with Crippen LogP contribution in [0.25, 0.3) is 0 Å². The molecule has 0 fully saturated rings. The second-order valence-corrected chi connectivity index (χ2v) is 3.97. The predicted molar refractivity (Wildman–Crippen MR) is 70.5 cm³/mol. The van der Waals surface area contributed by atoms with Crippen LogP contribution in [0.5, 0.6) is 0 Å². The molecular formula is C14H8ClNO2. The highest BCUT2D eigenvalue weighted by Gasteiger charge is 2.09. The lowest BCUT2D eigenvalue weighted by Gasteiger charge is -1.94. The maximum absolute atomic E-state index is 10.8. The molecule has 0 saturated heterocycles. The molecule has 0 radical (unpaired) electrons. The van der Waals surface area contributed by atoms with Crippen LogP contribution in [0.4, 0.5) is 5.69 Å². The van der Waals surface area contributed by atoms with Gasteiger partial charge in [-0.3, -0.25) is 10.1 Å². The monoisotopic (exact) mass is 257 g/mol. The summed E-state index contributed by atoms with van der Waals surface area (Å²) in [5.41, 5.74) is 1.17. The molecule has 2 aromatic carbocycles. The van der Waals surface area contributed by atoms with Crippen LogP contribution in [-0.4, -0.2) is 4.92 Å². The summed E-state index contributed by atoms with van der Waals surface area (Å²) in [6.07, 6.45) is 0. The van der Waals surface area contributed by atoms with Crippen molar-refractivity contribution in [2.45, 2.75) is 0 Å². The third-order valence-electron chi connectivity index (χ3n) is 2.29. The molecule has 0 bridgehead atoms. The minimum atomic E-state index is -0.439. The molecule has 0 aliphatic carbocycles. The summed E-state index contributed by atoms with van der Waals surface area (Å²) in [6.45, 7) is 0. The molecule has 0 aromatic heterocycles. The molecule has 2 rings (SSSR count). The highest BCUT2D eigenvalue weighted by molar-refractivity contribution is 6.30. The van der Waals surface area contributed by atoms with Crippen LogP contribution in [0.1, 0.15) is 11.1 Å². The molecule has 0 unspecified atom stereocenters. The highest BCUT2D eigenvalue weighted by Crippen LogP contribution is 2.16. The number of hydrogen-bond donors (Lipinski definition) is 0. The number of halogens is 1. The minimum Gasteiger partial charge on any atom is -0.258 e. The Morgan fingerprint density at radius 3 is 2.33 bits per heavy atom. The number of benzene rings is 2. The van der Waals surface area contributed by atoms with Crippen molar-refractivity contribution >= 4 is 17.3 Å². The van der Waals surface area contributed by atoms with E-state index in [4.69, 9.17) is 11.6 Å². The number of nitro groups is 1. The van der Waals surface area contributed by atoms with E-state index in [0.29, 0.717) is 10.6 Å². The predicted octanol–water partition coefficient (Wildman–Crippen LogP) is 3.65. The minimum absolute atomic E-state index is 0.0129.